The molecule has 2 unspecified atom stereocenters. The molecule has 7 nitrogen and oxygen atoms in total. The number of ether oxygens (including phenoxy) is 2. The van der Waals surface area contributed by atoms with E-state index in [-0.39, 0.29) is 24.4 Å². The van der Waals surface area contributed by atoms with Crippen LogP contribution in [-0.4, -0.2) is 46.4 Å². The van der Waals surface area contributed by atoms with Crippen LogP contribution in [0, 0.1) is 5.82 Å². The highest BCUT2D eigenvalue weighted by atomic mass is 19.1. The second-order valence-electron chi connectivity index (χ2n) is 11.5. The number of carbonyl (C=O) groups excluding carboxylic acids is 1. The van der Waals surface area contributed by atoms with E-state index < -0.39 is 6.04 Å². The van der Waals surface area contributed by atoms with Gasteiger partial charge < -0.3 is 29.4 Å². The summed E-state index contributed by atoms with van der Waals surface area (Å²) in [6.45, 7) is 4.55. The highest BCUT2D eigenvalue weighted by Crippen LogP contribution is 2.43. The zero-order chi connectivity index (χ0) is 30.8. The molecule has 6 rings (SSSR count). The van der Waals surface area contributed by atoms with Gasteiger partial charge in [0.1, 0.15) is 5.82 Å². The Balaban J connectivity index is 1.40. The molecule has 2 atom stereocenters. The van der Waals surface area contributed by atoms with Crippen LogP contribution in [0.4, 0.5) is 4.39 Å². The molecule has 3 N–H and O–H groups in total. The summed E-state index contributed by atoms with van der Waals surface area (Å²) in [6.07, 6.45) is 5.01. The van der Waals surface area contributed by atoms with Crippen molar-refractivity contribution in [1.82, 2.24) is 14.9 Å². The average Bonchev–Trinajstić information content (AvgIpc) is 3.62. The van der Waals surface area contributed by atoms with Crippen LogP contribution < -0.4 is 14.8 Å². The number of amides is 1. The number of rotatable bonds is 11. The number of aryl methyl sites for hydroxylation is 1. The van der Waals surface area contributed by atoms with Crippen molar-refractivity contribution < 1.29 is 23.8 Å². The molecule has 0 radical (unpaired) electrons. The number of aromatic amines is 1. The largest absolute Gasteiger partial charge is 0.493 e. The number of hydrogen-bond acceptors (Lipinski definition) is 4. The summed E-state index contributed by atoms with van der Waals surface area (Å²) in [5.74, 6) is 0.629. The molecule has 2 aromatic heterocycles. The number of aliphatic hydroxyl groups is 1. The Hall–Kier alpha value is -4.56. The van der Waals surface area contributed by atoms with E-state index in [4.69, 9.17) is 9.47 Å². The number of benzene rings is 3. The van der Waals surface area contributed by atoms with Gasteiger partial charge in [-0.05, 0) is 73.7 Å². The summed E-state index contributed by atoms with van der Waals surface area (Å²) >= 11 is 0. The van der Waals surface area contributed by atoms with Crippen LogP contribution >= 0.6 is 0 Å². The quantitative estimate of drug-likeness (QED) is 0.155. The Morgan fingerprint density at radius 3 is 2.73 bits per heavy atom. The molecule has 0 saturated heterocycles. The predicted molar refractivity (Wildman–Crippen MR) is 171 cm³/mol. The predicted octanol–water partition coefficient (Wildman–Crippen LogP) is 6.91. The van der Waals surface area contributed by atoms with Gasteiger partial charge >= 0.3 is 0 Å². The molecule has 0 fully saturated rings. The summed E-state index contributed by atoms with van der Waals surface area (Å²) in [5.41, 5.74) is 6.58. The third-order valence-electron chi connectivity index (χ3n) is 8.43. The van der Waals surface area contributed by atoms with Crippen molar-refractivity contribution in [3.63, 3.8) is 0 Å². The zero-order valence-electron chi connectivity index (χ0n) is 25.3. The first-order valence-electron chi connectivity index (χ1n) is 15.2. The van der Waals surface area contributed by atoms with E-state index >= 15 is 0 Å². The van der Waals surface area contributed by atoms with Crippen molar-refractivity contribution in [3.05, 3.63) is 95.4 Å². The first kappa shape index (κ1) is 29.5. The Bertz CT molecular complexity index is 1810. The van der Waals surface area contributed by atoms with E-state index in [0.29, 0.717) is 47.7 Å². The number of carbonyl (C=O) groups is 1. The van der Waals surface area contributed by atoms with Crippen molar-refractivity contribution in [1.29, 1.82) is 0 Å². The third kappa shape index (κ3) is 5.69. The smallest absolute Gasteiger partial charge is 0.253 e. The van der Waals surface area contributed by atoms with Gasteiger partial charge in [0.25, 0.3) is 5.91 Å². The minimum absolute atomic E-state index is 0.0130. The molecule has 5 aromatic rings. The number of nitrogens with zero attached hydrogens (tertiary/aromatic N) is 1. The average molecular weight is 596 g/mol. The van der Waals surface area contributed by atoms with E-state index in [1.54, 1.807) is 13.2 Å². The number of fused-ring (bicyclic) bond motifs is 4. The van der Waals surface area contributed by atoms with Crippen LogP contribution in [0.5, 0.6) is 11.5 Å². The SMILES string of the molecule is CCCC(C)Oc1cc2c(cc1OC)CCn1c-2cc(C(=O)NC(CO)Cc2c[nH]c3ccccc23)c1-c1cccc(F)c1. The fourth-order valence-electron chi connectivity index (χ4n) is 6.33. The summed E-state index contributed by atoms with van der Waals surface area (Å²) < 4.78 is 28.6. The number of hydrogen-bond donors (Lipinski definition) is 3. The lowest BCUT2D eigenvalue weighted by atomic mass is 9.97. The highest BCUT2D eigenvalue weighted by molar-refractivity contribution is 6.02. The molecule has 8 heteroatoms. The molecule has 0 spiro atoms. The van der Waals surface area contributed by atoms with Crippen molar-refractivity contribution >= 4 is 16.8 Å². The van der Waals surface area contributed by atoms with Gasteiger partial charge in [0.15, 0.2) is 11.5 Å². The summed E-state index contributed by atoms with van der Waals surface area (Å²) in [7, 11) is 1.64. The van der Waals surface area contributed by atoms with Crippen LogP contribution in [0.15, 0.2) is 72.9 Å². The van der Waals surface area contributed by atoms with Crippen LogP contribution in [0.1, 0.15) is 48.2 Å². The molecule has 0 saturated carbocycles. The highest BCUT2D eigenvalue weighted by Gasteiger charge is 2.29. The molecule has 3 aromatic carbocycles. The maximum absolute atomic E-state index is 14.5. The number of aromatic nitrogens is 2. The first-order chi connectivity index (χ1) is 21.4. The molecule has 1 aliphatic heterocycles. The molecule has 228 valence electrons. The summed E-state index contributed by atoms with van der Waals surface area (Å²) in [4.78, 5) is 17.3. The normalized spacial score (nSPS) is 13.7. The van der Waals surface area contributed by atoms with Gasteiger partial charge in [-0.25, -0.2) is 4.39 Å². The van der Waals surface area contributed by atoms with Crippen molar-refractivity contribution in [2.45, 2.75) is 58.2 Å². The Labute approximate surface area is 256 Å². The maximum Gasteiger partial charge on any atom is 0.253 e. The van der Waals surface area contributed by atoms with E-state index in [1.165, 1.54) is 12.1 Å². The molecule has 0 aliphatic carbocycles. The lowest BCUT2D eigenvalue weighted by Crippen LogP contribution is -2.39. The minimum Gasteiger partial charge on any atom is -0.493 e. The molecular formula is C36H38FN3O4. The van der Waals surface area contributed by atoms with Gasteiger partial charge in [-0.2, -0.15) is 0 Å². The van der Waals surface area contributed by atoms with E-state index in [2.05, 4.69) is 21.8 Å². The second kappa shape index (κ2) is 12.6. The lowest BCUT2D eigenvalue weighted by Gasteiger charge is -2.24. The van der Waals surface area contributed by atoms with Gasteiger partial charge in [0.05, 0.1) is 37.1 Å². The molecule has 44 heavy (non-hydrogen) atoms. The fourth-order valence-corrected chi connectivity index (χ4v) is 6.33. The van der Waals surface area contributed by atoms with Gasteiger partial charge in [-0.1, -0.05) is 43.7 Å². The molecule has 3 heterocycles. The number of methoxy groups -OCH3 is 1. The van der Waals surface area contributed by atoms with Gasteiger partial charge in [-0.15, -0.1) is 0 Å². The molecular weight excluding hydrogens is 557 g/mol. The Morgan fingerprint density at radius 2 is 1.95 bits per heavy atom. The third-order valence-corrected chi connectivity index (χ3v) is 8.43. The Kier molecular flexibility index (Phi) is 8.44. The monoisotopic (exact) mass is 595 g/mol. The van der Waals surface area contributed by atoms with Crippen molar-refractivity contribution in [3.8, 4) is 34.0 Å². The fraction of sp³-hybridized carbons (Fsp3) is 0.306. The lowest BCUT2D eigenvalue weighted by molar-refractivity contribution is 0.0917. The molecule has 0 bridgehead atoms. The number of nitrogens with one attached hydrogen (secondary N) is 2. The van der Waals surface area contributed by atoms with Crippen LogP contribution in [0.25, 0.3) is 33.4 Å². The van der Waals surface area contributed by atoms with Crippen molar-refractivity contribution in [2.24, 2.45) is 0 Å². The van der Waals surface area contributed by atoms with E-state index in [9.17, 15) is 14.3 Å². The van der Waals surface area contributed by atoms with Gasteiger partial charge in [0.2, 0.25) is 0 Å². The zero-order valence-corrected chi connectivity index (χ0v) is 25.3. The van der Waals surface area contributed by atoms with E-state index in [0.717, 1.165) is 46.1 Å². The van der Waals surface area contributed by atoms with Crippen molar-refractivity contribution in [2.75, 3.05) is 13.7 Å². The van der Waals surface area contributed by atoms with Crippen LogP contribution in [0.3, 0.4) is 0 Å². The van der Waals surface area contributed by atoms with Crippen LogP contribution in [-0.2, 0) is 19.4 Å². The first-order valence-corrected chi connectivity index (χ1v) is 15.2. The topological polar surface area (TPSA) is 88.5 Å². The summed E-state index contributed by atoms with van der Waals surface area (Å²) in [5, 5.41) is 14.4. The van der Waals surface area contributed by atoms with Gasteiger partial charge in [0, 0.05) is 40.5 Å². The minimum atomic E-state index is -0.518. The number of halogens is 1. The number of para-hydroxylation sites is 1. The van der Waals surface area contributed by atoms with Gasteiger partial charge in [-0.3, -0.25) is 4.79 Å². The second-order valence-corrected chi connectivity index (χ2v) is 11.5. The number of aliphatic hydroxyl groups excluding tert-OH is 1. The maximum atomic E-state index is 14.5. The number of H-pyrrole nitrogens is 1. The standard InChI is InChI=1S/C36H38FN3O4/c1-4-8-22(2)44-34-19-29-23(17-33(34)43-3)13-14-40-32(29)18-30(35(40)24-9-7-10-26(37)15-24)36(42)39-27(21-41)16-25-20-38-31-12-6-5-11-28(25)31/h5-7,9-12,15,17-20,22,27,38,41H,4,8,13-14,16,21H2,1-3H3,(H,39,42). The molecule has 1 aliphatic rings. The Morgan fingerprint density at radius 1 is 1.11 bits per heavy atom. The van der Waals surface area contributed by atoms with E-state index in [1.807, 2.05) is 61.7 Å². The molecule has 1 amide bonds. The summed E-state index contributed by atoms with van der Waals surface area (Å²) in [6, 6.07) is 19.7. The van der Waals surface area contributed by atoms with Crippen LogP contribution in [0.2, 0.25) is 0 Å².